The number of hydrogen-bond donors (Lipinski definition) is 0. The molecule has 0 aliphatic rings. The van der Waals surface area contributed by atoms with Gasteiger partial charge in [0.2, 0.25) is 0 Å². The Hall–Kier alpha value is -9.39. The molecule has 0 radical (unpaired) electrons. The number of furan rings is 1. The van der Waals surface area contributed by atoms with Crippen molar-refractivity contribution in [3.8, 4) is 67.8 Å². The van der Waals surface area contributed by atoms with Crippen molar-refractivity contribution in [2.75, 3.05) is 0 Å². The maximum absolute atomic E-state index is 6.39. The molecule has 0 aliphatic heterocycles. The van der Waals surface area contributed by atoms with Gasteiger partial charge in [-0.1, -0.05) is 158 Å². The van der Waals surface area contributed by atoms with Gasteiger partial charge in [0.1, 0.15) is 11.2 Å². The molecule has 4 heterocycles. The Morgan fingerprint density at radius 2 is 0.652 bits per heavy atom. The summed E-state index contributed by atoms with van der Waals surface area (Å²) < 4.78 is 11.1. The van der Waals surface area contributed by atoms with Crippen LogP contribution in [-0.4, -0.2) is 24.1 Å². The van der Waals surface area contributed by atoms with E-state index in [9.17, 15) is 0 Å². The van der Waals surface area contributed by atoms with Crippen LogP contribution < -0.4 is 0 Å². The van der Waals surface area contributed by atoms with Crippen LogP contribution in [0.3, 0.4) is 0 Å². The summed E-state index contributed by atoms with van der Waals surface area (Å²) in [5.74, 6) is 1.71. The molecule has 0 amide bonds. The van der Waals surface area contributed by atoms with Gasteiger partial charge in [0.25, 0.3) is 0 Å². The molecular weight excluding hydrogens is 843 g/mol. The molecule has 0 bridgehead atoms. The molecule has 0 unspecified atom stereocenters. The van der Waals surface area contributed by atoms with Gasteiger partial charge >= 0.3 is 0 Å². The van der Waals surface area contributed by atoms with Gasteiger partial charge in [-0.05, 0) is 101 Å². The van der Waals surface area contributed by atoms with Crippen molar-refractivity contribution in [2.24, 2.45) is 0 Å². The lowest BCUT2D eigenvalue weighted by Gasteiger charge is -2.13. The Morgan fingerprint density at radius 1 is 0.246 bits per heavy atom. The molecule has 0 saturated heterocycles. The molecule has 4 aromatic heterocycles. The first-order valence-electron chi connectivity index (χ1n) is 23.3. The lowest BCUT2D eigenvalue weighted by Crippen LogP contribution is -2.02. The third kappa shape index (κ3) is 6.45. The van der Waals surface area contributed by atoms with Gasteiger partial charge in [-0.15, -0.1) is 0 Å². The fourth-order valence-electron chi connectivity index (χ4n) is 10.3. The first kappa shape index (κ1) is 38.8. The highest BCUT2D eigenvalue weighted by Gasteiger charge is 2.19. The van der Waals surface area contributed by atoms with Gasteiger partial charge in [-0.25, -0.2) is 15.0 Å². The first-order valence-corrected chi connectivity index (χ1v) is 23.3. The van der Waals surface area contributed by atoms with E-state index < -0.39 is 0 Å². The standard InChI is InChI=1S/C63H39N5O/c1-3-15-40(16-4-1)42-30-33-57-53(37-42)49-23-7-10-26-55(49)67(57)47-21-13-19-44(35-47)61-64-62(66-63(65-61)46-29-32-52-51-25-9-12-28-59(51)69-60(52)39-46)45-20-14-22-48(36-45)68-56-27-11-8-24-50(56)54-38-43(31-34-58(54)68)41-17-5-2-6-18-41/h1-39H. The lowest BCUT2D eigenvalue weighted by atomic mass is 10.0. The quantitative estimate of drug-likeness (QED) is 0.160. The molecule has 0 spiro atoms. The van der Waals surface area contributed by atoms with Gasteiger partial charge in [-0.3, -0.25) is 0 Å². The minimum absolute atomic E-state index is 0.559. The van der Waals surface area contributed by atoms with Crippen molar-refractivity contribution in [2.45, 2.75) is 0 Å². The predicted molar refractivity (Wildman–Crippen MR) is 283 cm³/mol. The van der Waals surface area contributed by atoms with Crippen LogP contribution in [0.5, 0.6) is 0 Å². The molecule has 10 aromatic carbocycles. The van der Waals surface area contributed by atoms with Gasteiger partial charge in [0.05, 0.1) is 22.1 Å². The van der Waals surface area contributed by atoms with E-state index >= 15 is 0 Å². The maximum atomic E-state index is 6.39. The number of hydrogen-bond acceptors (Lipinski definition) is 4. The monoisotopic (exact) mass is 881 g/mol. The minimum Gasteiger partial charge on any atom is -0.456 e. The van der Waals surface area contributed by atoms with Crippen molar-refractivity contribution in [1.82, 2.24) is 24.1 Å². The first-order chi connectivity index (χ1) is 34.2. The van der Waals surface area contributed by atoms with Gasteiger partial charge < -0.3 is 13.6 Å². The Labute approximate surface area is 396 Å². The van der Waals surface area contributed by atoms with E-state index in [0.29, 0.717) is 17.5 Å². The third-order valence-electron chi connectivity index (χ3n) is 13.6. The fourth-order valence-corrected chi connectivity index (χ4v) is 10.3. The summed E-state index contributed by atoms with van der Waals surface area (Å²) in [4.78, 5) is 15.8. The number of aromatic nitrogens is 5. The number of rotatable bonds is 7. The number of nitrogens with zero attached hydrogens (tertiary/aromatic N) is 5. The van der Waals surface area contributed by atoms with Gasteiger partial charge in [-0.2, -0.15) is 0 Å². The Kier molecular flexibility index (Phi) is 8.79. The summed E-state index contributed by atoms with van der Waals surface area (Å²) in [7, 11) is 0. The van der Waals surface area contributed by atoms with Crippen molar-refractivity contribution < 1.29 is 4.42 Å². The van der Waals surface area contributed by atoms with Gasteiger partial charge in [0.15, 0.2) is 17.5 Å². The van der Waals surface area contributed by atoms with E-state index in [1.54, 1.807) is 0 Å². The molecule has 6 heteroatoms. The van der Waals surface area contributed by atoms with E-state index in [0.717, 1.165) is 72.1 Å². The zero-order valence-corrected chi connectivity index (χ0v) is 37.2. The second kappa shape index (κ2) is 15.6. The van der Waals surface area contributed by atoms with Crippen molar-refractivity contribution in [1.29, 1.82) is 0 Å². The summed E-state index contributed by atoms with van der Waals surface area (Å²) in [5.41, 5.74) is 15.5. The molecule has 14 aromatic rings. The van der Waals surface area contributed by atoms with E-state index in [-0.39, 0.29) is 0 Å². The van der Waals surface area contributed by atoms with Gasteiger partial charge in [0, 0.05) is 60.4 Å². The molecule has 0 N–H and O–H groups in total. The molecular formula is C63H39N5O. The van der Waals surface area contributed by atoms with E-state index in [1.807, 2.05) is 18.2 Å². The Morgan fingerprint density at radius 3 is 1.19 bits per heavy atom. The Balaban J connectivity index is 0.936. The smallest absolute Gasteiger partial charge is 0.164 e. The van der Waals surface area contributed by atoms with Crippen LogP contribution in [0.15, 0.2) is 241 Å². The van der Waals surface area contributed by atoms with Crippen LogP contribution in [0.25, 0.3) is 133 Å². The summed E-state index contributed by atoms with van der Waals surface area (Å²) in [6, 6.07) is 83.4. The van der Waals surface area contributed by atoms with Crippen molar-refractivity contribution in [3.63, 3.8) is 0 Å². The second-order valence-electron chi connectivity index (χ2n) is 17.6. The molecule has 0 aliphatic carbocycles. The number of benzene rings is 10. The number of fused-ring (bicyclic) bond motifs is 9. The van der Waals surface area contributed by atoms with Crippen molar-refractivity contribution in [3.05, 3.63) is 237 Å². The average Bonchev–Trinajstić information content (AvgIpc) is 4.08. The predicted octanol–water partition coefficient (Wildman–Crippen LogP) is 16.3. The Bertz CT molecular complexity index is 4100. The highest BCUT2D eigenvalue weighted by Crippen LogP contribution is 2.39. The zero-order valence-electron chi connectivity index (χ0n) is 37.2. The largest absolute Gasteiger partial charge is 0.456 e. The topological polar surface area (TPSA) is 61.7 Å². The fraction of sp³-hybridized carbons (Fsp3) is 0. The normalized spacial score (nSPS) is 11.8. The summed E-state index contributed by atoms with van der Waals surface area (Å²) in [6.45, 7) is 0. The van der Waals surface area contributed by atoms with E-state index in [2.05, 4.69) is 228 Å². The van der Waals surface area contributed by atoms with Crippen LogP contribution in [0.4, 0.5) is 0 Å². The van der Waals surface area contributed by atoms with Crippen molar-refractivity contribution >= 4 is 65.6 Å². The SMILES string of the molecule is c1ccc(-c2ccc3c(c2)c2ccccc2n3-c2cccc(-c3nc(-c4cccc(-n5c6ccccc6c6cc(-c7ccccc7)ccc65)c4)nc(-c4ccc5c(c4)oc4ccccc45)n3)c2)cc1. The molecule has 14 rings (SSSR count). The lowest BCUT2D eigenvalue weighted by molar-refractivity contribution is 0.669. The molecule has 6 nitrogen and oxygen atoms in total. The third-order valence-corrected chi connectivity index (χ3v) is 13.6. The van der Waals surface area contributed by atoms with Crippen LogP contribution in [0.1, 0.15) is 0 Å². The van der Waals surface area contributed by atoms with Crippen LogP contribution in [0, 0.1) is 0 Å². The molecule has 0 fully saturated rings. The summed E-state index contributed by atoms with van der Waals surface area (Å²) in [5, 5.41) is 6.91. The van der Waals surface area contributed by atoms with Crippen LogP contribution >= 0.6 is 0 Å². The highest BCUT2D eigenvalue weighted by molar-refractivity contribution is 6.12. The maximum Gasteiger partial charge on any atom is 0.164 e. The van der Waals surface area contributed by atoms with Crippen LogP contribution in [0.2, 0.25) is 0 Å². The minimum atomic E-state index is 0.559. The number of para-hydroxylation sites is 3. The second-order valence-corrected chi connectivity index (χ2v) is 17.6. The average molecular weight is 882 g/mol. The molecule has 69 heavy (non-hydrogen) atoms. The van der Waals surface area contributed by atoms with Crippen LogP contribution in [-0.2, 0) is 0 Å². The summed E-state index contributed by atoms with van der Waals surface area (Å²) in [6.07, 6.45) is 0. The molecule has 322 valence electrons. The molecule has 0 saturated carbocycles. The van der Waals surface area contributed by atoms with E-state index in [4.69, 9.17) is 19.4 Å². The highest BCUT2D eigenvalue weighted by atomic mass is 16.3. The molecule has 0 atom stereocenters. The summed E-state index contributed by atoms with van der Waals surface area (Å²) >= 11 is 0. The van der Waals surface area contributed by atoms with E-state index in [1.165, 1.54) is 43.8 Å². The zero-order chi connectivity index (χ0) is 45.4.